The lowest BCUT2D eigenvalue weighted by Gasteiger charge is -2.28. The lowest BCUT2D eigenvalue weighted by Crippen LogP contribution is -2.46. The summed E-state index contributed by atoms with van der Waals surface area (Å²) < 4.78 is 17.3. The highest BCUT2D eigenvalue weighted by atomic mass is 32.1. The average molecular weight is 252 g/mol. The summed E-state index contributed by atoms with van der Waals surface area (Å²) in [5, 5.41) is 0. The summed E-state index contributed by atoms with van der Waals surface area (Å²) in [4.78, 5) is 0. The van der Waals surface area contributed by atoms with Crippen molar-refractivity contribution in [2.75, 3.05) is 25.6 Å². The molecule has 0 aliphatic carbocycles. The van der Waals surface area contributed by atoms with E-state index < -0.39 is 8.80 Å². The Kier molecular flexibility index (Phi) is 9.94. The third kappa shape index (κ3) is 6.58. The molecule has 0 rings (SSSR count). The molecule has 5 heteroatoms. The van der Waals surface area contributed by atoms with E-state index in [1.165, 1.54) is 0 Å². The zero-order chi connectivity index (χ0) is 11.6. The van der Waals surface area contributed by atoms with E-state index in [4.69, 9.17) is 13.3 Å². The van der Waals surface area contributed by atoms with E-state index in [1.807, 2.05) is 6.92 Å². The van der Waals surface area contributed by atoms with Crippen LogP contribution in [-0.2, 0) is 13.3 Å². The van der Waals surface area contributed by atoms with E-state index in [1.54, 1.807) is 0 Å². The van der Waals surface area contributed by atoms with Gasteiger partial charge in [0.1, 0.15) is 0 Å². The summed E-state index contributed by atoms with van der Waals surface area (Å²) >= 11 is 4.25. The Bertz CT molecular complexity index is 131. The van der Waals surface area contributed by atoms with Crippen LogP contribution in [0.3, 0.4) is 0 Å². The van der Waals surface area contributed by atoms with Crippen molar-refractivity contribution >= 4 is 21.4 Å². The third-order valence-corrected chi connectivity index (χ3v) is 5.36. The standard InChI is InChI=1S/C10H24O3SSi/c1-4-7-12-15(10-9-14,11-6-3)13-8-5-2/h14H,4-10H2,1-3H3. The topological polar surface area (TPSA) is 27.7 Å². The highest BCUT2D eigenvalue weighted by Gasteiger charge is 2.39. The molecule has 0 bridgehead atoms. The normalized spacial score (nSPS) is 12.0. The summed E-state index contributed by atoms with van der Waals surface area (Å²) in [6, 6.07) is 0.796. The molecular formula is C10H24O3SSi. The van der Waals surface area contributed by atoms with Gasteiger partial charge >= 0.3 is 8.80 Å². The van der Waals surface area contributed by atoms with Gasteiger partial charge in [-0.25, -0.2) is 0 Å². The van der Waals surface area contributed by atoms with Crippen LogP contribution in [0.1, 0.15) is 33.6 Å². The monoisotopic (exact) mass is 252 g/mol. The van der Waals surface area contributed by atoms with Crippen LogP contribution >= 0.6 is 12.6 Å². The van der Waals surface area contributed by atoms with Gasteiger partial charge in [0.2, 0.25) is 0 Å². The van der Waals surface area contributed by atoms with Crippen LogP contribution in [-0.4, -0.2) is 34.4 Å². The third-order valence-electron chi connectivity index (χ3n) is 1.83. The second kappa shape index (κ2) is 9.66. The summed E-state index contributed by atoms with van der Waals surface area (Å²) in [5.41, 5.74) is 0. The van der Waals surface area contributed by atoms with Crippen LogP contribution in [0.15, 0.2) is 0 Å². The van der Waals surface area contributed by atoms with Crippen LogP contribution < -0.4 is 0 Å². The van der Waals surface area contributed by atoms with Gasteiger partial charge in [-0.2, -0.15) is 12.6 Å². The van der Waals surface area contributed by atoms with E-state index in [2.05, 4.69) is 26.5 Å². The molecule has 0 aromatic carbocycles. The minimum atomic E-state index is -2.41. The molecule has 0 saturated heterocycles. The number of rotatable bonds is 10. The van der Waals surface area contributed by atoms with Gasteiger partial charge < -0.3 is 13.3 Å². The maximum Gasteiger partial charge on any atom is 0.501 e. The minimum Gasteiger partial charge on any atom is -0.374 e. The van der Waals surface area contributed by atoms with Gasteiger partial charge in [-0.15, -0.1) is 0 Å². The Labute approximate surface area is 100 Å². The van der Waals surface area contributed by atoms with E-state index in [-0.39, 0.29) is 0 Å². The van der Waals surface area contributed by atoms with Crippen molar-refractivity contribution < 1.29 is 13.3 Å². The molecule has 0 aromatic rings. The largest absolute Gasteiger partial charge is 0.501 e. The highest BCUT2D eigenvalue weighted by molar-refractivity contribution is 7.80. The van der Waals surface area contributed by atoms with Gasteiger partial charge in [0.25, 0.3) is 0 Å². The van der Waals surface area contributed by atoms with Crippen LogP contribution in [0, 0.1) is 0 Å². The highest BCUT2D eigenvalue weighted by Crippen LogP contribution is 2.17. The molecule has 0 heterocycles. The fourth-order valence-electron chi connectivity index (χ4n) is 1.21. The Hall–Kier alpha value is 0.447. The lowest BCUT2D eigenvalue weighted by atomic mass is 10.5. The second-order valence-electron chi connectivity index (χ2n) is 3.29. The van der Waals surface area contributed by atoms with E-state index >= 15 is 0 Å². The van der Waals surface area contributed by atoms with Gasteiger partial charge in [0, 0.05) is 25.9 Å². The molecule has 3 nitrogen and oxygen atoms in total. The molecule has 15 heavy (non-hydrogen) atoms. The fraction of sp³-hybridized carbons (Fsp3) is 1.00. The summed E-state index contributed by atoms with van der Waals surface area (Å²) in [6.45, 7) is 8.23. The SMILES string of the molecule is CCCO[Si](CCS)(OCC)OCCC. The van der Waals surface area contributed by atoms with Gasteiger partial charge in [0.05, 0.1) is 0 Å². The molecule has 0 amide bonds. The van der Waals surface area contributed by atoms with Crippen molar-refractivity contribution in [1.29, 1.82) is 0 Å². The first kappa shape index (κ1) is 15.4. The predicted octanol–water partition coefficient (Wildman–Crippen LogP) is 2.74. The molecule has 0 N–H and O–H groups in total. The summed E-state index contributed by atoms with van der Waals surface area (Å²) in [7, 11) is -2.41. The van der Waals surface area contributed by atoms with Crippen molar-refractivity contribution in [1.82, 2.24) is 0 Å². The number of hydrogen-bond acceptors (Lipinski definition) is 4. The van der Waals surface area contributed by atoms with Crippen molar-refractivity contribution in [3.8, 4) is 0 Å². The molecule has 0 aromatic heterocycles. The Morgan fingerprint density at radius 1 is 0.933 bits per heavy atom. The molecule has 0 aliphatic heterocycles. The lowest BCUT2D eigenvalue weighted by molar-refractivity contribution is 0.0646. The minimum absolute atomic E-state index is 0.646. The Morgan fingerprint density at radius 2 is 1.47 bits per heavy atom. The van der Waals surface area contributed by atoms with Gasteiger partial charge in [-0.3, -0.25) is 0 Å². The maximum absolute atomic E-state index is 5.81. The van der Waals surface area contributed by atoms with Crippen molar-refractivity contribution in [3.05, 3.63) is 0 Å². The first-order valence-corrected chi connectivity index (χ1v) is 8.33. The molecule has 92 valence electrons. The molecular weight excluding hydrogens is 228 g/mol. The molecule has 0 atom stereocenters. The van der Waals surface area contributed by atoms with Gasteiger partial charge in [0.15, 0.2) is 0 Å². The van der Waals surface area contributed by atoms with Crippen molar-refractivity contribution in [2.45, 2.75) is 39.7 Å². The summed E-state index contributed by atoms with van der Waals surface area (Å²) in [5.74, 6) is 0.750. The predicted molar refractivity (Wildman–Crippen MR) is 68.5 cm³/mol. The fourth-order valence-corrected chi connectivity index (χ4v) is 4.46. The van der Waals surface area contributed by atoms with E-state index in [9.17, 15) is 0 Å². The smallest absolute Gasteiger partial charge is 0.374 e. The molecule has 0 aliphatic rings. The average Bonchev–Trinajstić information content (AvgIpc) is 2.24. The van der Waals surface area contributed by atoms with Crippen LogP contribution in [0.25, 0.3) is 0 Å². The second-order valence-corrected chi connectivity index (χ2v) is 6.47. The van der Waals surface area contributed by atoms with Crippen molar-refractivity contribution in [3.63, 3.8) is 0 Å². The Balaban J connectivity index is 4.26. The van der Waals surface area contributed by atoms with E-state index in [0.717, 1.165) is 24.6 Å². The number of hydrogen-bond donors (Lipinski definition) is 1. The molecule has 0 spiro atoms. The first-order chi connectivity index (χ1) is 7.24. The first-order valence-electron chi connectivity index (χ1n) is 5.77. The summed E-state index contributed by atoms with van der Waals surface area (Å²) in [6.07, 6.45) is 1.98. The van der Waals surface area contributed by atoms with Crippen LogP contribution in [0.2, 0.25) is 6.04 Å². The quantitative estimate of drug-likeness (QED) is 0.478. The zero-order valence-electron chi connectivity index (χ0n) is 10.1. The Morgan fingerprint density at radius 3 is 1.80 bits per heavy atom. The molecule has 0 saturated carbocycles. The van der Waals surface area contributed by atoms with E-state index in [0.29, 0.717) is 19.8 Å². The van der Waals surface area contributed by atoms with Crippen molar-refractivity contribution in [2.24, 2.45) is 0 Å². The molecule has 0 unspecified atom stereocenters. The number of thiol groups is 1. The maximum atomic E-state index is 5.81. The van der Waals surface area contributed by atoms with Gasteiger partial charge in [-0.1, -0.05) is 13.8 Å². The molecule has 0 radical (unpaired) electrons. The molecule has 0 fully saturated rings. The zero-order valence-corrected chi connectivity index (χ0v) is 12.0. The van der Waals surface area contributed by atoms with Crippen LogP contribution in [0.4, 0.5) is 0 Å². The van der Waals surface area contributed by atoms with Crippen LogP contribution in [0.5, 0.6) is 0 Å². The van der Waals surface area contributed by atoms with Gasteiger partial charge in [-0.05, 0) is 25.5 Å².